The molecular formula is C25H27ClFNO5. The van der Waals surface area contributed by atoms with Gasteiger partial charge in [0.15, 0.2) is 0 Å². The molecule has 0 aliphatic carbocycles. The van der Waals surface area contributed by atoms with Gasteiger partial charge < -0.3 is 19.5 Å². The number of aliphatic hydroxyl groups is 1. The highest BCUT2D eigenvalue weighted by atomic mass is 35.5. The molecule has 8 heteroatoms. The van der Waals surface area contributed by atoms with E-state index in [0.717, 1.165) is 0 Å². The third-order valence-corrected chi connectivity index (χ3v) is 5.83. The number of aromatic carboxylic acids is 1. The maximum atomic E-state index is 14.6. The van der Waals surface area contributed by atoms with Crippen molar-refractivity contribution in [1.29, 1.82) is 0 Å². The van der Waals surface area contributed by atoms with Crippen molar-refractivity contribution < 1.29 is 24.1 Å². The summed E-state index contributed by atoms with van der Waals surface area (Å²) >= 11 is 5.93. The molecule has 0 amide bonds. The number of nitrogens with zero attached hydrogens (tertiary/aromatic N) is 1. The van der Waals surface area contributed by atoms with Crippen LogP contribution < -0.4 is 10.2 Å². The highest BCUT2D eigenvalue weighted by molar-refractivity contribution is 6.30. The molecule has 0 unspecified atom stereocenters. The second-order valence-electron chi connectivity index (χ2n) is 8.61. The van der Waals surface area contributed by atoms with Crippen LogP contribution in [-0.2, 0) is 6.42 Å². The lowest BCUT2D eigenvalue weighted by molar-refractivity contribution is 0.0694. The van der Waals surface area contributed by atoms with Crippen LogP contribution in [0.5, 0.6) is 5.75 Å². The molecule has 1 aromatic heterocycles. The average molecular weight is 476 g/mol. The molecule has 0 fully saturated rings. The van der Waals surface area contributed by atoms with Gasteiger partial charge in [-0.25, -0.2) is 9.18 Å². The number of aliphatic hydroxyl groups excluding tert-OH is 1. The number of halogens is 2. The van der Waals surface area contributed by atoms with E-state index in [0.29, 0.717) is 22.4 Å². The smallest absolute Gasteiger partial charge is 0.341 e. The molecule has 0 aliphatic heterocycles. The van der Waals surface area contributed by atoms with Crippen molar-refractivity contribution in [3.63, 3.8) is 0 Å². The number of rotatable bonds is 8. The Morgan fingerprint density at radius 3 is 2.45 bits per heavy atom. The third-order valence-electron chi connectivity index (χ3n) is 5.53. The van der Waals surface area contributed by atoms with Crippen molar-refractivity contribution in [2.24, 2.45) is 5.92 Å². The van der Waals surface area contributed by atoms with Gasteiger partial charge in [-0.05, 0) is 43.0 Å². The number of fused-ring (bicyclic) bond motifs is 1. The molecule has 176 valence electrons. The van der Waals surface area contributed by atoms with Crippen LogP contribution in [0.25, 0.3) is 10.9 Å². The normalized spacial score (nSPS) is 12.5. The van der Waals surface area contributed by atoms with Gasteiger partial charge in [0.1, 0.15) is 17.1 Å². The van der Waals surface area contributed by atoms with E-state index < -0.39 is 28.8 Å². The van der Waals surface area contributed by atoms with E-state index in [1.54, 1.807) is 28.8 Å². The van der Waals surface area contributed by atoms with E-state index in [1.165, 1.54) is 12.3 Å². The molecule has 0 spiro atoms. The lowest BCUT2D eigenvalue weighted by atomic mass is 9.98. The molecule has 2 N–H and O–H groups in total. The Kier molecular flexibility index (Phi) is 7.44. The predicted molar refractivity (Wildman–Crippen MR) is 126 cm³/mol. The molecule has 0 saturated carbocycles. The quantitative estimate of drug-likeness (QED) is 0.475. The standard InChI is InChI=1S/C25H27ClFNO5/c1-13(2)21(12-29)28-11-18(25(31)32)24(30)17-9-16(22(10-20(17)28)33-14(3)4)8-15-6-5-7-19(26)23(15)27/h5-7,9-11,13-14,21,29H,8,12H2,1-4H3,(H,31,32)/t21-/m1/s1. The lowest BCUT2D eigenvalue weighted by Crippen LogP contribution is -2.25. The Morgan fingerprint density at radius 2 is 1.88 bits per heavy atom. The minimum absolute atomic E-state index is 0.0159. The highest BCUT2D eigenvalue weighted by Crippen LogP contribution is 2.32. The second-order valence-corrected chi connectivity index (χ2v) is 9.02. The van der Waals surface area contributed by atoms with Gasteiger partial charge in [0, 0.05) is 24.1 Å². The van der Waals surface area contributed by atoms with E-state index >= 15 is 0 Å². The minimum atomic E-state index is -1.36. The number of hydrogen-bond acceptors (Lipinski definition) is 4. The fourth-order valence-electron chi connectivity index (χ4n) is 3.86. The van der Waals surface area contributed by atoms with Crippen molar-refractivity contribution in [1.82, 2.24) is 4.57 Å². The Hall–Kier alpha value is -2.90. The molecule has 33 heavy (non-hydrogen) atoms. The number of hydrogen-bond donors (Lipinski definition) is 2. The average Bonchev–Trinajstić information content (AvgIpc) is 2.73. The SMILES string of the molecule is CC(C)Oc1cc2c(cc1Cc1cccc(Cl)c1F)c(=O)c(C(=O)O)cn2[C@H](CO)C(C)C. The molecule has 3 aromatic rings. The maximum absolute atomic E-state index is 14.6. The number of carboxylic acid groups (broad SMARTS) is 1. The first-order chi connectivity index (χ1) is 15.5. The van der Waals surface area contributed by atoms with Crippen LogP contribution in [-0.4, -0.2) is 33.5 Å². The molecule has 0 radical (unpaired) electrons. The Labute approximate surface area is 196 Å². The molecule has 1 atom stereocenters. The monoisotopic (exact) mass is 475 g/mol. The van der Waals surface area contributed by atoms with Gasteiger partial charge in [0.25, 0.3) is 0 Å². The maximum Gasteiger partial charge on any atom is 0.341 e. The van der Waals surface area contributed by atoms with Gasteiger partial charge >= 0.3 is 5.97 Å². The molecule has 0 bridgehead atoms. The zero-order valence-electron chi connectivity index (χ0n) is 18.9. The first-order valence-corrected chi connectivity index (χ1v) is 11.1. The van der Waals surface area contributed by atoms with Crippen molar-refractivity contribution in [3.8, 4) is 5.75 Å². The fraction of sp³-hybridized carbons (Fsp3) is 0.360. The van der Waals surface area contributed by atoms with Crippen LogP contribution in [0.1, 0.15) is 55.2 Å². The van der Waals surface area contributed by atoms with Crippen LogP contribution in [0.4, 0.5) is 4.39 Å². The van der Waals surface area contributed by atoms with Crippen LogP contribution in [0.2, 0.25) is 5.02 Å². The number of carbonyl (C=O) groups is 1. The van der Waals surface area contributed by atoms with Crippen LogP contribution >= 0.6 is 11.6 Å². The van der Waals surface area contributed by atoms with E-state index in [4.69, 9.17) is 16.3 Å². The Balaban J connectivity index is 2.36. The molecule has 0 saturated heterocycles. The van der Waals surface area contributed by atoms with E-state index in [-0.39, 0.29) is 35.5 Å². The number of ether oxygens (including phenoxy) is 1. The Morgan fingerprint density at radius 1 is 1.18 bits per heavy atom. The van der Waals surface area contributed by atoms with Crippen molar-refractivity contribution in [2.45, 2.75) is 46.3 Å². The van der Waals surface area contributed by atoms with Crippen molar-refractivity contribution >= 4 is 28.5 Å². The summed E-state index contributed by atoms with van der Waals surface area (Å²) in [6.07, 6.45) is 1.15. The van der Waals surface area contributed by atoms with Gasteiger partial charge in [0.2, 0.25) is 5.43 Å². The number of aromatic nitrogens is 1. The minimum Gasteiger partial charge on any atom is -0.491 e. The first kappa shape index (κ1) is 24.7. The van der Waals surface area contributed by atoms with Crippen molar-refractivity contribution in [3.05, 3.63) is 74.3 Å². The van der Waals surface area contributed by atoms with Crippen LogP contribution in [0.15, 0.2) is 41.3 Å². The molecule has 6 nitrogen and oxygen atoms in total. The number of benzene rings is 2. The second kappa shape index (κ2) is 9.93. The molecule has 3 rings (SSSR count). The zero-order chi connectivity index (χ0) is 24.4. The van der Waals surface area contributed by atoms with Gasteiger partial charge in [-0.15, -0.1) is 0 Å². The lowest BCUT2D eigenvalue weighted by Gasteiger charge is -2.26. The number of pyridine rings is 1. The molecule has 0 aliphatic rings. The summed E-state index contributed by atoms with van der Waals surface area (Å²) in [7, 11) is 0. The summed E-state index contributed by atoms with van der Waals surface area (Å²) in [5.74, 6) is -1.53. The van der Waals surface area contributed by atoms with Gasteiger partial charge in [-0.2, -0.15) is 0 Å². The van der Waals surface area contributed by atoms with Crippen LogP contribution in [0.3, 0.4) is 0 Å². The zero-order valence-corrected chi connectivity index (χ0v) is 19.7. The molecule has 1 heterocycles. The fourth-order valence-corrected chi connectivity index (χ4v) is 4.05. The summed E-state index contributed by atoms with van der Waals surface area (Å²) in [6, 6.07) is 7.42. The summed E-state index contributed by atoms with van der Waals surface area (Å²) in [5, 5.41) is 19.8. The third kappa shape index (κ3) is 5.04. The highest BCUT2D eigenvalue weighted by Gasteiger charge is 2.23. The molecule has 2 aromatic carbocycles. The van der Waals surface area contributed by atoms with Gasteiger partial charge in [0.05, 0.1) is 29.3 Å². The Bertz CT molecular complexity index is 1250. The summed E-state index contributed by atoms with van der Waals surface area (Å²) in [5.41, 5.74) is 0.218. The predicted octanol–water partition coefficient (Wildman–Crippen LogP) is 5.06. The molecular weight excluding hydrogens is 449 g/mol. The van der Waals surface area contributed by atoms with Gasteiger partial charge in [-0.3, -0.25) is 4.79 Å². The largest absolute Gasteiger partial charge is 0.491 e. The first-order valence-electron chi connectivity index (χ1n) is 10.7. The van der Waals surface area contributed by atoms with Gasteiger partial charge in [-0.1, -0.05) is 37.6 Å². The van der Waals surface area contributed by atoms with E-state index in [2.05, 4.69) is 0 Å². The topological polar surface area (TPSA) is 88.8 Å². The number of carboxylic acids is 1. The van der Waals surface area contributed by atoms with E-state index in [1.807, 2.05) is 27.7 Å². The summed E-state index contributed by atoms with van der Waals surface area (Å²) in [4.78, 5) is 24.9. The van der Waals surface area contributed by atoms with Crippen LogP contribution in [0, 0.1) is 11.7 Å². The van der Waals surface area contributed by atoms with E-state index in [9.17, 15) is 24.2 Å². The summed E-state index contributed by atoms with van der Waals surface area (Å²) < 4.78 is 22.2. The van der Waals surface area contributed by atoms with Crippen molar-refractivity contribution in [2.75, 3.05) is 6.61 Å². The summed E-state index contributed by atoms with van der Waals surface area (Å²) in [6.45, 7) is 7.24.